The van der Waals surface area contributed by atoms with E-state index in [1.165, 1.54) is 6.08 Å². The van der Waals surface area contributed by atoms with Gasteiger partial charge in [0.25, 0.3) is 0 Å². The number of amides is 1. The van der Waals surface area contributed by atoms with Gasteiger partial charge in [-0.15, -0.1) is 0 Å². The van der Waals surface area contributed by atoms with E-state index in [0.717, 1.165) is 19.4 Å². The van der Waals surface area contributed by atoms with Crippen molar-refractivity contribution in [2.24, 2.45) is 5.92 Å². The number of halogens is 2. The maximum atomic E-state index is 12.1. The number of aliphatic hydroxyl groups is 1. The lowest BCUT2D eigenvalue weighted by atomic mass is 9.99. The average molecular weight is 314 g/mol. The summed E-state index contributed by atoms with van der Waals surface area (Å²) in [6.07, 6.45) is 5.04. The Morgan fingerprint density at radius 2 is 2.10 bits per heavy atom. The van der Waals surface area contributed by atoms with Gasteiger partial charge in [-0.3, -0.25) is 4.79 Å². The Bertz CT molecular complexity index is 496. The molecular formula is C15H17Cl2NO2. The highest BCUT2D eigenvalue weighted by molar-refractivity contribution is 6.37. The Balaban J connectivity index is 2.05. The van der Waals surface area contributed by atoms with E-state index in [2.05, 4.69) is 0 Å². The van der Waals surface area contributed by atoms with Gasteiger partial charge in [-0.1, -0.05) is 29.3 Å². The molecule has 1 fully saturated rings. The second kappa shape index (κ2) is 7.11. The van der Waals surface area contributed by atoms with Gasteiger partial charge < -0.3 is 10.0 Å². The number of likely N-dealkylation sites (tertiary alicyclic amines) is 1. The second-order valence-electron chi connectivity index (χ2n) is 4.94. The lowest BCUT2D eigenvalue weighted by molar-refractivity contribution is -0.127. The predicted molar refractivity (Wildman–Crippen MR) is 81.9 cm³/mol. The minimum atomic E-state index is -0.0702. The van der Waals surface area contributed by atoms with Crippen LogP contribution in [0.1, 0.15) is 18.4 Å². The van der Waals surface area contributed by atoms with Crippen molar-refractivity contribution in [3.63, 3.8) is 0 Å². The molecule has 3 nitrogen and oxygen atoms in total. The van der Waals surface area contributed by atoms with E-state index in [-0.39, 0.29) is 18.4 Å². The summed E-state index contributed by atoms with van der Waals surface area (Å²) in [5.74, 6) is 0.115. The van der Waals surface area contributed by atoms with E-state index in [4.69, 9.17) is 23.2 Å². The SMILES string of the molecule is O=C(/C=C/c1c(Cl)cccc1Cl)N1CCCC(CO)C1. The summed E-state index contributed by atoms with van der Waals surface area (Å²) in [5, 5.41) is 10.2. The molecule has 1 amide bonds. The molecule has 1 heterocycles. The topological polar surface area (TPSA) is 40.5 Å². The summed E-state index contributed by atoms with van der Waals surface area (Å²) in [6, 6.07) is 5.24. The number of nitrogens with zero attached hydrogens (tertiary/aromatic N) is 1. The predicted octanol–water partition coefficient (Wildman–Crippen LogP) is 3.24. The van der Waals surface area contributed by atoms with Gasteiger partial charge in [0.1, 0.15) is 0 Å². The van der Waals surface area contributed by atoms with Crippen LogP contribution in [0.15, 0.2) is 24.3 Å². The number of piperidine rings is 1. The van der Waals surface area contributed by atoms with Crippen molar-refractivity contribution in [3.05, 3.63) is 39.9 Å². The Morgan fingerprint density at radius 1 is 1.40 bits per heavy atom. The largest absolute Gasteiger partial charge is 0.396 e. The van der Waals surface area contributed by atoms with Crippen LogP contribution in [-0.4, -0.2) is 35.6 Å². The first-order valence-corrected chi connectivity index (χ1v) is 7.39. The minimum absolute atomic E-state index is 0.0702. The number of carbonyl (C=O) groups is 1. The van der Waals surface area contributed by atoms with Crippen molar-refractivity contribution in [1.29, 1.82) is 0 Å². The maximum Gasteiger partial charge on any atom is 0.246 e. The lowest BCUT2D eigenvalue weighted by Gasteiger charge is -2.31. The molecule has 1 aliphatic rings. The smallest absolute Gasteiger partial charge is 0.246 e. The van der Waals surface area contributed by atoms with Crippen LogP contribution in [0.25, 0.3) is 6.08 Å². The van der Waals surface area contributed by atoms with Crippen LogP contribution in [0.4, 0.5) is 0 Å². The van der Waals surface area contributed by atoms with E-state index in [0.29, 0.717) is 22.2 Å². The van der Waals surface area contributed by atoms with Gasteiger partial charge in [0.15, 0.2) is 0 Å². The van der Waals surface area contributed by atoms with Gasteiger partial charge in [0.05, 0.1) is 0 Å². The zero-order valence-electron chi connectivity index (χ0n) is 11.1. The van der Waals surface area contributed by atoms with Crippen LogP contribution in [-0.2, 0) is 4.79 Å². The maximum absolute atomic E-state index is 12.1. The first-order chi connectivity index (χ1) is 9.61. The van der Waals surface area contributed by atoms with E-state index < -0.39 is 0 Å². The Labute approximate surface area is 128 Å². The highest BCUT2D eigenvalue weighted by Gasteiger charge is 2.21. The molecule has 0 radical (unpaired) electrons. The lowest BCUT2D eigenvalue weighted by Crippen LogP contribution is -2.40. The molecule has 108 valence electrons. The average Bonchev–Trinajstić information content (AvgIpc) is 2.46. The molecule has 2 rings (SSSR count). The van der Waals surface area contributed by atoms with Crippen molar-refractivity contribution in [3.8, 4) is 0 Å². The Kier molecular flexibility index (Phi) is 5.46. The van der Waals surface area contributed by atoms with Crippen molar-refractivity contribution in [2.45, 2.75) is 12.8 Å². The Morgan fingerprint density at radius 3 is 2.75 bits per heavy atom. The first kappa shape index (κ1) is 15.4. The van der Waals surface area contributed by atoms with Gasteiger partial charge in [-0.2, -0.15) is 0 Å². The molecule has 0 bridgehead atoms. The molecule has 0 saturated carbocycles. The standard InChI is InChI=1S/C15H17Cl2NO2/c16-13-4-1-5-14(17)12(13)6-7-15(20)18-8-2-3-11(9-18)10-19/h1,4-7,11,19H,2-3,8-10H2/b7-6+. The van der Waals surface area contributed by atoms with E-state index in [1.54, 1.807) is 29.2 Å². The summed E-state index contributed by atoms with van der Waals surface area (Å²) in [4.78, 5) is 13.9. The molecule has 1 aliphatic heterocycles. The quantitative estimate of drug-likeness (QED) is 0.870. The third kappa shape index (κ3) is 3.75. The fourth-order valence-corrected chi connectivity index (χ4v) is 2.87. The van der Waals surface area contributed by atoms with Crippen LogP contribution in [0.3, 0.4) is 0 Å². The number of benzene rings is 1. The summed E-state index contributed by atoms with van der Waals surface area (Å²) in [7, 11) is 0. The van der Waals surface area contributed by atoms with E-state index in [1.807, 2.05) is 0 Å². The van der Waals surface area contributed by atoms with Crippen molar-refractivity contribution < 1.29 is 9.90 Å². The van der Waals surface area contributed by atoms with Crippen LogP contribution < -0.4 is 0 Å². The number of hydrogen-bond donors (Lipinski definition) is 1. The summed E-state index contributed by atoms with van der Waals surface area (Å²) in [6.45, 7) is 1.47. The molecule has 0 aromatic heterocycles. The van der Waals surface area contributed by atoms with Gasteiger partial charge >= 0.3 is 0 Å². The third-order valence-electron chi connectivity index (χ3n) is 3.48. The molecule has 1 unspecified atom stereocenters. The molecule has 1 atom stereocenters. The molecular weight excluding hydrogens is 297 g/mol. The molecule has 1 aromatic rings. The van der Waals surface area contributed by atoms with Crippen LogP contribution >= 0.6 is 23.2 Å². The summed E-state index contributed by atoms with van der Waals surface area (Å²) >= 11 is 12.1. The zero-order valence-corrected chi connectivity index (χ0v) is 12.6. The molecule has 1 aromatic carbocycles. The molecule has 20 heavy (non-hydrogen) atoms. The van der Waals surface area contributed by atoms with Crippen molar-refractivity contribution in [1.82, 2.24) is 4.90 Å². The number of carbonyl (C=O) groups excluding carboxylic acids is 1. The highest BCUT2D eigenvalue weighted by atomic mass is 35.5. The monoisotopic (exact) mass is 313 g/mol. The first-order valence-electron chi connectivity index (χ1n) is 6.63. The zero-order chi connectivity index (χ0) is 14.5. The third-order valence-corrected chi connectivity index (χ3v) is 4.14. The number of rotatable bonds is 3. The van der Waals surface area contributed by atoms with E-state index in [9.17, 15) is 9.90 Å². The van der Waals surface area contributed by atoms with Gasteiger partial charge in [0.2, 0.25) is 5.91 Å². The van der Waals surface area contributed by atoms with Crippen LogP contribution in [0.2, 0.25) is 10.0 Å². The van der Waals surface area contributed by atoms with Crippen molar-refractivity contribution >= 4 is 35.2 Å². The normalized spacial score (nSPS) is 19.6. The molecule has 5 heteroatoms. The highest BCUT2D eigenvalue weighted by Crippen LogP contribution is 2.25. The summed E-state index contributed by atoms with van der Waals surface area (Å²) in [5.41, 5.74) is 0.653. The Hall–Kier alpha value is -1.03. The van der Waals surface area contributed by atoms with Gasteiger partial charge in [-0.25, -0.2) is 0 Å². The van der Waals surface area contributed by atoms with E-state index >= 15 is 0 Å². The molecule has 0 spiro atoms. The van der Waals surface area contributed by atoms with Gasteiger partial charge in [-0.05, 0) is 37.0 Å². The number of hydrogen-bond acceptors (Lipinski definition) is 2. The minimum Gasteiger partial charge on any atom is -0.396 e. The van der Waals surface area contributed by atoms with Crippen LogP contribution in [0, 0.1) is 5.92 Å². The fraction of sp³-hybridized carbons (Fsp3) is 0.400. The molecule has 0 aliphatic carbocycles. The molecule has 1 N–H and O–H groups in total. The van der Waals surface area contributed by atoms with Crippen molar-refractivity contribution in [2.75, 3.05) is 19.7 Å². The second-order valence-corrected chi connectivity index (χ2v) is 5.76. The van der Waals surface area contributed by atoms with Gasteiger partial charge in [0, 0.05) is 41.4 Å². The fourth-order valence-electron chi connectivity index (χ4n) is 2.34. The van der Waals surface area contributed by atoms with Crippen LogP contribution in [0.5, 0.6) is 0 Å². The number of aliphatic hydroxyl groups excluding tert-OH is 1. The molecule has 1 saturated heterocycles. The summed E-state index contributed by atoms with van der Waals surface area (Å²) < 4.78 is 0.